The molecule has 2 aromatic rings. The molecule has 3 atom stereocenters. The number of anilines is 1. The van der Waals surface area contributed by atoms with Gasteiger partial charge in [0, 0.05) is 75.3 Å². The summed E-state index contributed by atoms with van der Waals surface area (Å²) in [4.78, 5) is 36.6. The van der Waals surface area contributed by atoms with E-state index in [0.717, 1.165) is 95.7 Å². The molecule has 1 saturated carbocycles. The van der Waals surface area contributed by atoms with Gasteiger partial charge >= 0.3 is 5.97 Å². The van der Waals surface area contributed by atoms with Crippen LogP contribution in [0, 0.1) is 29.5 Å². The number of likely N-dealkylation sites (tertiary alicyclic amines) is 3. The van der Waals surface area contributed by atoms with Crippen LogP contribution in [0.25, 0.3) is 0 Å². The summed E-state index contributed by atoms with van der Waals surface area (Å²) in [6, 6.07) is 14.7. The van der Waals surface area contributed by atoms with E-state index in [-0.39, 0.29) is 42.1 Å². The van der Waals surface area contributed by atoms with Crippen molar-refractivity contribution in [3.8, 4) is 0 Å². The van der Waals surface area contributed by atoms with Gasteiger partial charge in [0.1, 0.15) is 11.1 Å². The van der Waals surface area contributed by atoms with Gasteiger partial charge in [-0.15, -0.1) is 0 Å². The number of hydrogen-bond acceptors (Lipinski definition) is 9. The van der Waals surface area contributed by atoms with Crippen LogP contribution in [0.2, 0.25) is 0 Å². The van der Waals surface area contributed by atoms with Crippen molar-refractivity contribution in [3.05, 3.63) is 72.1 Å². The number of ether oxygens (including phenoxy) is 1. The molecule has 4 aliphatic heterocycles. The molecule has 0 aromatic heterocycles. The normalized spacial score (nSPS) is 24.4. The Labute approximate surface area is 340 Å². The van der Waals surface area contributed by atoms with Crippen LogP contribution in [0.1, 0.15) is 63.4 Å². The SMILES string of the molecule is COC(=O)C[C@H]1CCC[C@@H]1[C@](CN1CCCCC1)(c1cccc(F)c1)C1CCN(CC2CN(c3ccc(S(=O)(=O)C4CN(C(=O)/C=C/CN(C)C)C4)cc3)C2)CC1. The molecule has 10 nitrogen and oxygen atoms in total. The first-order chi connectivity index (χ1) is 27.5. The Hall–Kier alpha value is -3.32. The van der Waals surface area contributed by atoms with E-state index in [1.54, 1.807) is 29.2 Å². The summed E-state index contributed by atoms with van der Waals surface area (Å²) in [6.07, 6.45) is 12.7. The fourth-order valence-corrected chi connectivity index (χ4v) is 12.5. The second-order valence-electron chi connectivity index (χ2n) is 17.9. The van der Waals surface area contributed by atoms with Crippen LogP contribution in [-0.4, -0.2) is 138 Å². The zero-order valence-corrected chi connectivity index (χ0v) is 35.2. The second kappa shape index (κ2) is 18.3. The number of carbonyl (C=O) groups is 2. The Balaban J connectivity index is 0.960. The highest BCUT2D eigenvalue weighted by Gasteiger charge is 2.52. The fourth-order valence-electron chi connectivity index (χ4n) is 10.8. The molecule has 5 fully saturated rings. The maximum absolute atomic E-state index is 15.2. The number of likely N-dealkylation sites (N-methyl/N-ethyl adjacent to an activating group) is 1. The van der Waals surface area contributed by atoms with E-state index in [2.05, 4.69) is 20.8 Å². The summed E-state index contributed by atoms with van der Waals surface area (Å²) in [5.74, 6) is 1.00. The lowest BCUT2D eigenvalue weighted by molar-refractivity contribution is -0.142. The first kappa shape index (κ1) is 41.8. The Morgan fingerprint density at radius 1 is 0.895 bits per heavy atom. The molecule has 2 aromatic carbocycles. The first-order valence-corrected chi connectivity index (χ1v) is 23.0. The van der Waals surface area contributed by atoms with E-state index in [1.165, 1.54) is 32.4 Å². The number of methoxy groups -OCH3 is 1. The van der Waals surface area contributed by atoms with Crippen molar-refractivity contribution in [2.24, 2.45) is 23.7 Å². The Morgan fingerprint density at radius 3 is 2.28 bits per heavy atom. The van der Waals surface area contributed by atoms with Gasteiger partial charge in [0.05, 0.1) is 12.0 Å². The van der Waals surface area contributed by atoms with Gasteiger partial charge in [-0.1, -0.05) is 31.1 Å². The van der Waals surface area contributed by atoms with Gasteiger partial charge in [-0.25, -0.2) is 12.8 Å². The monoisotopic (exact) mass is 805 g/mol. The summed E-state index contributed by atoms with van der Waals surface area (Å²) in [5.41, 5.74) is 1.93. The molecule has 57 heavy (non-hydrogen) atoms. The third-order valence-corrected chi connectivity index (χ3v) is 16.0. The standard InChI is InChI=1S/C45H64FN5O5S/c1-47(2)21-9-14-43(52)51-31-41(32-51)57(54,55)40-17-15-39(16-18-40)50-29-34(30-50)28-48-24-19-36(20-25-48)45(33-49-22-5-4-6-23-49,37-11-8-12-38(46)27-37)42-13-7-10-35(42)26-44(53)56-3/h8-9,11-12,14-18,27,34-36,41-42H,4-7,10,13,19-26,28-33H2,1-3H3/b14-9+/t35-,42+,45+/m1/s1. The number of benzene rings is 2. The molecule has 0 spiro atoms. The predicted octanol–water partition coefficient (Wildman–Crippen LogP) is 5.48. The zero-order chi connectivity index (χ0) is 40.2. The number of esters is 1. The molecule has 312 valence electrons. The Morgan fingerprint density at radius 2 is 1.61 bits per heavy atom. The molecule has 12 heteroatoms. The van der Waals surface area contributed by atoms with Gasteiger partial charge in [0.25, 0.3) is 0 Å². The lowest BCUT2D eigenvalue weighted by Gasteiger charge is -2.53. The molecule has 1 aliphatic carbocycles. The highest BCUT2D eigenvalue weighted by molar-refractivity contribution is 7.92. The van der Waals surface area contributed by atoms with Crippen molar-refractivity contribution in [2.75, 3.05) is 98.1 Å². The number of amides is 1. The molecule has 4 heterocycles. The van der Waals surface area contributed by atoms with E-state index in [9.17, 15) is 18.0 Å². The van der Waals surface area contributed by atoms with Gasteiger partial charge < -0.3 is 29.2 Å². The van der Waals surface area contributed by atoms with Crippen molar-refractivity contribution in [3.63, 3.8) is 0 Å². The average Bonchev–Trinajstić information content (AvgIpc) is 3.63. The lowest BCUT2D eigenvalue weighted by Crippen LogP contribution is -2.57. The third kappa shape index (κ3) is 9.45. The molecule has 0 unspecified atom stereocenters. The number of halogens is 1. The maximum Gasteiger partial charge on any atom is 0.305 e. The van der Waals surface area contributed by atoms with E-state index in [1.807, 2.05) is 43.3 Å². The number of carbonyl (C=O) groups excluding carboxylic acids is 2. The summed E-state index contributed by atoms with van der Waals surface area (Å²) in [5, 5.41) is -0.574. The highest BCUT2D eigenvalue weighted by Crippen LogP contribution is 2.54. The van der Waals surface area contributed by atoms with E-state index in [4.69, 9.17) is 4.74 Å². The summed E-state index contributed by atoms with van der Waals surface area (Å²) in [7, 11) is 1.83. The van der Waals surface area contributed by atoms with Crippen LogP contribution in [0.5, 0.6) is 0 Å². The van der Waals surface area contributed by atoms with Crippen LogP contribution in [0.15, 0.2) is 65.6 Å². The van der Waals surface area contributed by atoms with E-state index < -0.39 is 15.1 Å². The minimum Gasteiger partial charge on any atom is -0.469 e. The predicted molar refractivity (Wildman–Crippen MR) is 222 cm³/mol. The molecule has 0 N–H and O–H groups in total. The zero-order valence-electron chi connectivity index (χ0n) is 34.4. The molecule has 7 rings (SSSR count). The van der Waals surface area contributed by atoms with Crippen molar-refractivity contribution in [1.29, 1.82) is 0 Å². The molecule has 1 amide bonds. The largest absolute Gasteiger partial charge is 0.469 e. The Bertz CT molecular complexity index is 1810. The van der Waals surface area contributed by atoms with Crippen LogP contribution < -0.4 is 4.90 Å². The van der Waals surface area contributed by atoms with E-state index >= 15 is 4.39 Å². The number of hydrogen-bond donors (Lipinski definition) is 0. The van der Waals surface area contributed by atoms with Crippen molar-refractivity contribution < 1.29 is 27.1 Å². The maximum atomic E-state index is 15.2. The van der Waals surface area contributed by atoms with Crippen LogP contribution in [0.3, 0.4) is 0 Å². The van der Waals surface area contributed by atoms with Gasteiger partial charge in [-0.3, -0.25) is 9.59 Å². The Kier molecular flexibility index (Phi) is 13.4. The number of piperidine rings is 2. The van der Waals surface area contributed by atoms with Crippen LogP contribution in [0.4, 0.5) is 10.1 Å². The average molecular weight is 806 g/mol. The smallest absolute Gasteiger partial charge is 0.305 e. The third-order valence-electron chi connectivity index (χ3n) is 13.9. The minimum atomic E-state index is -3.52. The summed E-state index contributed by atoms with van der Waals surface area (Å²) in [6.45, 7) is 9.12. The van der Waals surface area contributed by atoms with Crippen molar-refractivity contribution in [1.82, 2.24) is 19.6 Å². The molecular formula is C45H64FN5O5S. The number of sulfone groups is 1. The van der Waals surface area contributed by atoms with Gasteiger partial charge in [-0.05, 0) is 139 Å². The quantitative estimate of drug-likeness (QED) is 0.172. The molecule has 0 bridgehead atoms. The molecule has 4 saturated heterocycles. The molecule has 0 radical (unpaired) electrons. The van der Waals surface area contributed by atoms with Gasteiger partial charge in [0.2, 0.25) is 5.91 Å². The van der Waals surface area contributed by atoms with Gasteiger partial charge in [-0.2, -0.15) is 0 Å². The summed E-state index contributed by atoms with van der Waals surface area (Å²) < 4.78 is 47.0. The topological polar surface area (TPSA) is 93.7 Å². The first-order valence-electron chi connectivity index (χ1n) is 21.4. The van der Waals surface area contributed by atoms with Crippen molar-refractivity contribution in [2.45, 2.75) is 73.3 Å². The van der Waals surface area contributed by atoms with E-state index in [0.29, 0.717) is 35.6 Å². The molecule has 5 aliphatic rings. The second-order valence-corrected chi connectivity index (χ2v) is 20.1. The van der Waals surface area contributed by atoms with Gasteiger partial charge in [0.15, 0.2) is 9.84 Å². The summed E-state index contributed by atoms with van der Waals surface area (Å²) >= 11 is 0. The van der Waals surface area contributed by atoms with Crippen molar-refractivity contribution >= 4 is 27.4 Å². The van der Waals surface area contributed by atoms with Crippen LogP contribution >= 0.6 is 0 Å². The lowest BCUT2D eigenvalue weighted by atomic mass is 9.56. The fraction of sp³-hybridized carbons (Fsp3) is 0.644. The number of nitrogens with zero attached hydrogens (tertiary/aromatic N) is 5. The van der Waals surface area contributed by atoms with Crippen LogP contribution in [-0.2, 0) is 29.6 Å². The molecular weight excluding hydrogens is 742 g/mol. The number of rotatable bonds is 15. The highest BCUT2D eigenvalue weighted by atomic mass is 32.2. The minimum absolute atomic E-state index is 0.137.